The molecule has 212 valence electrons. The van der Waals surface area contributed by atoms with Crippen molar-refractivity contribution in [2.75, 3.05) is 6.61 Å². The second-order valence-corrected chi connectivity index (χ2v) is 12.5. The second-order valence-electron chi connectivity index (χ2n) is 12.5. The van der Waals surface area contributed by atoms with Gasteiger partial charge in [-0.25, -0.2) is 4.79 Å². The molecule has 0 aromatic heterocycles. The van der Waals surface area contributed by atoms with Crippen LogP contribution in [0.15, 0.2) is 41.5 Å². The summed E-state index contributed by atoms with van der Waals surface area (Å²) in [6.07, 6.45) is -4.73. The second kappa shape index (κ2) is 8.96. The summed E-state index contributed by atoms with van der Waals surface area (Å²) < 4.78 is 17.9. The van der Waals surface area contributed by atoms with Crippen molar-refractivity contribution in [1.82, 2.24) is 0 Å². The van der Waals surface area contributed by atoms with E-state index in [1.54, 1.807) is 65.0 Å². The molecule has 1 aromatic carbocycles. The van der Waals surface area contributed by atoms with Gasteiger partial charge in [-0.3, -0.25) is 9.59 Å². The zero-order valence-electron chi connectivity index (χ0n) is 23.3. The van der Waals surface area contributed by atoms with Gasteiger partial charge in [0.25, 0.3) is 0 Å². The summed E-state index contributed by atoms with van der Waals surface area (Å²) in [5.74, 6) is -3.66. The molecule has 3 N–H and O–H groups in total. The van der Waals surface area contributed by atoms with Gasteiger partial charge in [0.1, 0.15) is 23.6 Å². The average Bonchev–Trinajstić information content (AvgIpc) is 2.87. The minimum Gasteiger partial charge on any atom is -0.455 e. The van der Waals surface area contributed by atoms with E-state index in [-0.39, 0.29) is 30.8 Å². The molecule has 9 atom stereocenters. The quantitative estimate of drug-likeness (QED) is 0.388. The highest BCUT2D eigenvalue weighted by Gasteiger charge is 2.77. The maximum atomic E-state index is 14.5. The van der Waals surface area contributed by atoms with E-state index in [1.807, 2.05) is 0 Å². The fourth-order valence-electron chi connectivity index (χ4n) is 8.16. The third-order valence-electron chi connectivity index (χ3n) is 10.2. The van der Waals surface area contributed by atoms with Crippen LogP contribution in [0.5, 0.6) is 0 Å². The van der Waals surface area contributed by atoms with Gasteiger partial charge in [0.15, 0.2) is 5.60 Å². The van der Waals surface area contributed by atoms with E-state index in [0.29, 0.717) is 11.1 Å². The van der Waals surface area contributed by atoms with Crippen molar-refractivity contribution in [3.8, 4) is 0 Å². The van der Waals surface area contributed by atoms with Crippen molar-refractivity contribution in [3.05, 3.63) is 47.0 Å². The fraction of sp³-hybridized carbons (Fsp3) is 0.633. The van der Waals surface area contributed by atoms with Crippen molar-refractivity contribution in [1.29, 1.82) is 0 Å². The first kappa shape index (κ1) is 28.0. The highest BCUT2D eigenvalue weighted by atomic mass is 16.6. The van der Waals surface area contributed by atoms with Crippen molar-refractivity contribution in [2.24, 2.45) is 22.7 Å². The summed E-state index contributed by atoms with van der Waals surface area (Å²) in [4.78, 5) is 40.6. The van der Waals surface area contributed by atoms with Gasteiger partial charge in [-0.1, -0.05) is 39.0 Å². The number of ketones is 1. The van der Waals surface area contributed by atoms with E-state index < -0.39 is 70.2 Å². The molecule has 5 rings (SSSR count). The first-order valence-corrected chi connectivity index (χ1v) is 13.5. The SMILES string of the molecule is CC(=O)O[C@@]12CO[C@@H]1C[C@H](O)[C@@]1(C)C(=O)[C@H](C)C3=C(C)[C@@H](O)C[C@@](O)([C@@H](OC(=O)c4ccccc4)C12)C3(C)C. The number of benzene rings is 1. The van der Waals surface area contributed by atoms with E-state index in [4.69, 9.17) is 14.2 Å². The van der Waals surface area contributed by atoms with Crippen molar-refractivity contribution < 1.29 is 43.9 Å². The van der Waals surface area contributed by atoms with Crippen LogP contribution in [0.2, 0.25) is 0 Å². The lowest BCUT2D eigenvalue weighted by atomic mass is 9.43. The van der Waals surface area contributed by atoms with Gasteiger partial charge in [0.2, 0.25) is 0 Å². The maximum absolute atomic E-state index is 14.5. The Labute approximate surface area is 228 Å². The monoisotopic (exact) mass is 542 g/mol. The first-order chi connectivity index (χ1) is 18.1. The van der Waals surface area contributed by atoms with Gasteiger partial charge in [-0.2, -0.15) is 0 Å². The van der Waals surface area contributed by atoms with Crippen molar-refractivity contribution in [2.45, 2.75) is 90.0 Å². The molecular weight excluding hydrogens is 504 g/mol. The molecule has 0 amide bonds. The van der Waals surface area contributed by atoms with Crippen LogP contribution in [-0.4, -0.2) is 75.3 Å². The molecule has 0 radical (unpaired) electrons. The summed E-state index contributed by atoms with van der Waals surface area (Å²) in [6.45, 7) is 9.78. The number of hydrogen-bond acceptors (Lipinski definition) is 9. The number of esters is 2. The number of carbonyl (C=O) groups is 3. The standard InChI is InChI=1S/C30H38O9/c1-15-19(32)13-30(36)25(38-26(35)18-10-8-7-9-11-18)23-28(6,24(34)16(2)22(15)27(30,4)5)20(33)12-21-29(23,14-37-21)39-17(3)31/h7-11,16,19-21,23,25,32-33,36H,12-14H2,1-6H3/t16-,19+,20+,21-,23?,25+,28-,29+,30-/m1/s1. The van der Waals surface area contributed by atoms with E-state index in [9.17, 15) is 29.7 Å². The van der Waals surface area contributed by atoms with Crippen LogP contribution in [0.25, 0.3) is 0 Å². The summed E-state index contributed by atoms with van der Waals surface area (Å²) >= 11 is 0. The topological polar surface area (TPSA) is 140 Å². The molecule has 0 spiro atoms. The normalized spacial score (nSPS) is 42.7. The summed E-state index contributed by atoms with van der Waals surface area (Å²) in [5.41, 5.74) is -4.73. The smallest absolute Gasteiger partial charge is 0.338 e. The number of hydrogen-bond donors (Lipinski definition) is 3. The molecule has 4 aliphatic rings. The van der Waals surface area contributed by atoms with Crippen molar-refractivity contribution >= 4 is 17.7 Å². The third-order valence-corrected chi connectivity index (χ3v) is 10.2. The Morgan fingerprint density at radius 2 is 1.74 bits per heavy atom. The molecule has 3 fully saturated rings. The molecule has 1 aliphatic heterocycles. The van der Waals surface area contributed by atoms with E-state index in [2.05, 4.69) is 0 Å². The molecule has 1 unspecified atom stereocenters. The van der Waals surface area contributed by atoms with Gasteiger partial charge in [0.05, 0.1) is 35.7 Å². The van der Waals surface area contributed by atoms with Gasteiger partial charge in [-0.15, -0.1) is 0 Å². The van der Waals surface area contributed by atoms with E-state index >= 15 is 0 Å². The summed E-state index contributed by atoms with van der Waals surface area (Å²) in [5, 5.41) is 35.5. The van der Waals surface area contributed by atoms with E-state index in [1.165, 1.54) is 6.92 Å². The lowest BCUT2D eigenvalue weighted by Gasteiger charge is -2.67. The molecule has 9 heteroatoms. The molecule has 1 aromatic rings. The predicted octanol–water partition coefficient (Wildman–Crippen LogP) is 2.36. The molecule has 2 saturated carbocycles. The van der Waals surface area contributed by atoms with Crippen molar-refractivity contribution in [3.63, 3.8) is 0 Å². The lowest BCUT2D eigenvalue weighted by Crippen LogP contribution is -2.81. The Morgan fingerprint density at radius 3 is 2.31 bits per heavy atom. The summed E-state index contributed by atoms with van der Waals surface area (Å²) in [7, 11) is 0. The minimum atomic E-state index is -1.91. The molecule has 1 saturated heterocycles. The average molecular weight is 543 g/mol. The molecule has 9 nitrogen and oxygen atoms in total. The molecule has 39 heavy (non-hydrogen) atoms. The van der Waals surface area contributed by atoms with Gasteiger partial charge in [0, 0.05) is 31.1 Å². The highest BCUT2D eigenvalue weighted by molar-refractivity contribution is 5.92. The minimum absolute atomic E-state index is 0.0283. The largest absolute Gasteiger partial charge is 0.455 e. The van der Waals surface area contributed by atoms with Crippen LogP contribution >= 0.6 is 0 Å². The van der Waals surface area contributed by atoms with Crippen LogP contribution in [0, 0.1) is 22.7 Å². The predicted molar refractivity (Wildman–Crippen MR) is 138 cm³/mol. The Bertz CT molecular complexity index is 1240. The van der Waals surface area contributed by atoms with Crippen LogP contribution in [-0.2, 0) is 23.8 Å². The number of Topliss-reactive ketones (excluding diaryl/α,β-unsaturated/α-hetero) is 1. The lowest BCUT2D eigenvalue weighted by molar-refractivity contribution is -0.345. The highest BCUT2D eigenvalue weighted by Crippen LogP contribution is 2.64. The number of rotatable bonds is 3. The number of ether oxygens (including phenoxy) is 3. The Balaban J connectivity index is 1.81. The van der Waals surface area contributed by atoms with E-state index in [0.717, 1.165) is 0 Å². The third kappa shape index (κ3) is 3.63. The summed E-state index contributed by atoms with van der Waals surface area (Å²) in [6, 6.07) is 8.26. The van der Waals surface area contributed by atoms with Crippen LogP contribution < -0.4 is 0 Å². The first-order valence-electron chi connectivity index (χ1n) is 13.5. The van der Waals surface area contributed by atoms with Gasteiger partial charge in [-0.05, 0) is 37.1 Å². The molecule has 3 aliphatic carbocycles. The van der Waals surface area contributed by atoms with Gasteiger partial charge < -0.3 is 29.5 Å². The van der Waals surface area contributed by atoms with Crippen LogP contribution in [0.3, 0.4) is 0 Å². The number of aliphatic hydroxyl groups is 3. The van der Waals surface area contributed by atoms with Gasteiger partial charge >= 0.3 is 11.9 Å². The zero-order chi connectivity index (χ0) is 28.7. The Morgan fingerprint density at radius 1 is 1.10 bits per heavy atom. The molecular formula is C30H38O9. The van der Waals surface area contributed by atoms with Crippen LogP contribution in [0.1, 0.15) is 64.7 Å². The number of aliphatic hydroxyl groups excluding tert-OH is 2. The Kier molecular flexibility index (Phi) is 6.42. The van der Waals surface area contributed by atoms with Crippen LogP contribution in [0.4, 0.5) is 0 Å². The molecule has 1 heterocycles. The number of fused-ring (bicyclic) bond motifs is 5. The molecule has 2 bridgehead atoms. The number of carbonyl (C=O) groups excluding carboxylic acids is 3. The zero-order valence-corrected chi connectivity index (χ0v) is 23.3. The maximum Gasteiger partial charge on any atom is 0.338 e. The fourth-order valence-corrected chi connectivity index (χ4v) is 8.16. The Hall–Kier alpha value is -2.59.